The molecular formula is C8H5Br2ClO. The molecule has 1 rings (SSSR count). The van der Waals surface area contributed by atoms with Crippen LogP contribution in [0.5, 0.6) is 0 Å². The number of carbonyl (C=O) groups excluding carboxylic acids is 1. The maximum Gasteiger partial charge on any atom is 0.191 e. The van der Waals surface area contributed by atoms with Gasteiger partial charge in [-0.15, -0.1) is 11.6 Å². The number of rotatable bonds is 2. The smallest absolute Gasteiger partial charge is 0.191 e. The maximum atomic E-state index is 11.3. The Morgan fingerprint density at radius 3 is 2.25 bits per heavy atom. The average Bonchev–Trinajstić information content (AvgIpc) is 2.04. The summed E-state index contributed by atoms with van der Waals surface area (Å²) in [5.74, 6) is -0.121. The molecule has 0 fully saturated rings. The molecule has 0 aliphatic carbocycles. The van der Waals surface area contributed by atoms with Crippen molar-refractivity contribution in [2.24, 2.45) is 0 Å². The Morgan fingerprint density at radius 1 is 1.33 bits per heavy atom. The fraction of sp³-hybridized carbons (Fsp3) is 0.125. The second kappa shape index (κ2) is 4.40. The minimum absolute atomic E-state index is 0.121. The van der Waals surface area contributed by atoms with Crippen molar-refractivity contribution >= 4 is 49.2 Å². The second-order valence-electron chi connectivity index (χ2n) is 2.17. The van der Waals surface area contributed by atoms with Gasteiger partial charge in [0.05, 0.1) is 0 Å². The fourth-order valence-corrected chi connectivity index (χ4v) is 1.39. The average molecular weight is 312 g/mol. The first-order valence-electron chi connectivity index (χ1n) is 3.19. The third-order valence-corrected chi connectivity index (χ3v) is 2.47. The van der Waals surface area contributed by atoms with Crippen molar-refractivity contribution < 1.29 is 4.79 Å². The van der Waals surface area contributed by atoms with Gasteiger partial charge in [0.25, 0.3) is 0 Å². The van der Waals surface area contributed by atoms with Crippen molar-refractivity contribution in [3.8, 4) is 0 Å². The summed E-state index contributed by atoms with van der Waals surface area (Å²) < 4.78 is 0.304. The van der Waals surface area contributed by atoms with Crippen LogP contribution in [-0.2, 0) is 0 Å². The van der Waals surface area contributed by atoms with Gasteiger partial charge in [-0.25, -0.2) is 0 Å². The van der Waals surface area contributed by atoms with Crippen LogP contribution in [-0.4, -0.2) is 10.1 Å². The van der Waals surface area contributed by atoms with Crippen molar-refractivity contribution in [3.05, 3.63) is 34.3 Å². The van der Waals surface area contributed by atoms with Gasteiger partial charge in [0.15, 0.2) is 10.1 Å². The summed E-state index contributed by atoms with van der Waals surface area (Å²) in [6.45, 7) is 0. The molecule has 0 N–H and O–H groups in total. The van der Waals surface area contributed by atoms with Crippen LogP contribution in [0.1, 0.15) is 10.4 Å². The van der Waals surface area contributed by atoms with Gasteiger partial charge in [-0.3, -0.25) is 4.79 Å². The van der Waals surface area contributed by atoms with Gasteiger partial charge in [0, 0.05) is 10.0 Å². The quantitative estimate of drug-likeness (QED) is 0.602. The van der Waals surface area contributed by atoms with E-state index >= 15 is 0 Å². The largest absolute Gasteiger partial charge is 0.292 e. The zero-order chi connectivity index (χ0) is 9.14. The first kappa shape index (κ1) is 10.2. The summed E-state index contributed by atoms with van der Waals surface area (Å²) in [5.41, 5.74) is 0.607. The number of hydrogen-bond acceptors (Lipinski definition) is 1. The molecule has 12 heavy (non-hydrogen) atoms. The molecule has 0 aromatic heterocycles. The zero-order valence-corrected chi connectivity index (χ0v) is 9.86. The van der Waals surface area contributed by atoms with Crippen LogP contribution in [0, 0.1) is 0 Å². The van der Waals surface area contributed by atoms with Gasteiger partial charge >= 0.3 is 0 Å². The number of benzene rings is 1. The molecule has 1 nitrogen and oxygen atoms in total. The summed E-state index contributed by atoms with van der Waals surface area (Å²) in [6, 6.07) is 7.06. The lowest BCUT2D eigenvalue weighted by Crippen LogP contribution is -2.06. The van der Waals surface area contributed by atoms with Crippen molar-refractivity contribution in [1.29, 1.82) is 0 Å². The number of Topliss-reactive ketones (excluding diaryl/α,β-unsaturated/α-hetero) is 1. The number of ketones is 1. The zero-order valence-electron chi connectivity index (χ0n) is 5.93. The third kappa shape index (κ3) is 2.57. The highest BCUT2D eigenvalue weighted by Crippen LogP contribution is 2.16. The number of alkyl halides is 2. The molecule has 0 aliphatic heterocycles. The molecule has 0 saturated carbocycles. The Balaban J connectivity index is 2.90. The first-order valence-corrected chi connectivity index (χ1v) is 5.33. The van der Waals surface area contributed by atoms with E-state index in [9.17, 15) is 4.79 Å². The van der Waals surface area contributed by atoms with Crippen molar-refractivity contribution in [1.82, 2.24) is 0 Å². The molecule has 1 aromatic rings. The van der Waals surface area contributed by atoms with E-state index in [4.69, 9.17) is 11.6 Å². The summed E-state index contributed by atoms with van der Waals surface area (Å²) >= 11 is 11.8. The molecular weight excluding hydrogens is 307 g/mol. The van der Waals surface area contributed by atoms with E-state index in [1.807, 2.05) is 0 Å². The van der Waals surface area contributed by atoms with Gasteiger partial charge in [-0.05, 0) is 12.1 Å². The lowest BCUT2D eigenvalue weighted by atomic mass is 10.2. The van der Waals surface area contributed by atoms with Gasteiger partial charge in [-0.2, -0.15) is 0 Å². The molecule has 1 aromatic carbocycles. The Morgan fingerprint density at radius 2 is 1.83 bits per heavy atom. The van der Waals surface area contributed by atoms with Crippen LogP contribution in [0.25, 0.3) is 0 Å². The van der Waals surface area contributed by atoms with E-state index in [1.54, 1.807) is 24.3 Å². The predicted molar refractivity (Wildman–Crippen MR) is 57.0 cm³/mol. The molecule has 64 valence electrons. The molecule has 0 bridgehead atoms. The van der Waals surface area contributed by atoms with Crippen LogP contribution >= 0.6 is 43.5 Å². The molecule has 0 aliphatic rings. The predicted octanol–water partition coefficient (Wildman–Crippen LogP) is 3.59. The van der Waals surface area contributed by atoms with Crippen molar-refractivity contribution in [2.75, 3.05) is 0 Å². The molecule has 0 amide bonds. The van der Waals surface area contributed by atoms with E-state index in [1.165, 1.54) is 0 Å². The Bertz CT molecular complexity index is 282. The highest BCUT2D eigenvalue weighted by Gasteiger charge is 2.12. The third-order valence-electron chi connectivity index (χ3n) is 1.33. The van der Waals surface area contributed by atoms with Gasteiger partial charge in [-0.1, -0.05) is 44.0 Å². The highest BCUT2D eigenvalue weighted by molar-refractivity contribution is 9.10. The summed E-state index contributed by atoms with van der Waals surface area (Å²) in [6.07, 6.45) is 0. The lowest BCUT2D eigenvalue weighted by Gasteiger charge is -2.00. The normalized spacial score (nSPS) is 12.6. The molecule has 4 heteroatoms. The van der Waals surface area contributed by atoms with Crippen LogP contribution in [0.15, 0.2) is 28.7 Å². The Labute approximate surface area is 92.4 Å². The maximum absolute atomic E-state index is 11.3. The van der Waals surface area contributed by atoms with Crippen molar-refractivity contribution in [3.63, 3.8) is 0 Å². The second-order valence-corrected chi connectivity index (χ2v) is 4.97. The van der Waals surface area contributed by atoms with E-state index in [0.717, 1.165) is 4.47 Å². The fourth-order valence-electron chi connectivity index (χ4n) is 0.740. The van der Waals surface area contributed by atoms with Crippen LogP contribution < -0.4 is 0 Å². The molecule has 0 spiro atoms. The molecule has 0 saturated heterocycles. The number of hydrogen-bond donors (Lipinski definition) is 0. The lowest BCUT2D eigenvalue weighted by molar-refractivity contribution is 0.101. The topological polar surface area (TPSA) is 17.1 Å². The van der Waals surface area contributed by atoms with E-state index < -0.39 is 4.29 Å². The van der Waals surface area contributed by atoms with Crippen molar-refractivity contribution in [2.45, 2.75) is 4.29 Å². The molecule has 1 atom stereocenters. The summed E-state index contributed by atoms with van der Waals surface area (Å²) in [4.78, 5) is 11.3. The number of halogens is 3. The Kier molecular flexibility index (Phi) is 3.75. The minimum atomic E-state index is -0.640. The Hall–Kier alpha value is 0.140. The molecule has 0 heterocycles. The van der Waals surface area contributed by atoms with Gasteiger partial charge in [0.2, 0.25) is 0 Å². The van der Waals surface area contributed by atoms with E-state index in [-0.39, 0.29) is 5.78 Å². The minimum Gasteiger partial charge on any atom is -0.292 e. The van der Waals surface area contributed by atoms with Gasteiger partial charge < -0.3 is 0 Å². The summed E-state index contributed by atoms with van der Waals surface area (Å²) in [5, 5.41) is 0. The van der Waals surface area contributed by atoms with Crippen LogP contribution in [0.3, 0.4) is 0 Å². The van der Waals surface area contributed by atoms with E-state index in [0.29, 0.717) is 5.56 Å². The van der Waals surface area contributed by atoms with Gasteiger partial charge in [0.1, 0.15) is 0 Å². The highest BCUT2D eigenvalue weighted by atomic mass is 79.9. The molecule has 1 unspecified atom stereocenters. The summed E-state index contributed by atoms with van der Waals surface area (Å²) in [7, 11) is 0. The first-order chi connectivity index (χ1) is 5.61. The number of carbonyl (C=O) groups is 1. The standard InChI is InChI=1S/C8H5Br2ClO/c9-6-3-1-5(2-4-6)7(12)8(10)11/h1-4,8H. The van der Waals surface area contributed by atoms with Crippen LogP contribution in [0.2, 0.25) is 0 Å². The monoisotopic (exact) mass is 310 g/mol. The van der Waals surface area contributed by atoms with E-state index in [2.05, 4.69) is 31.9 Å². The molecule has 0 radical (unpaired) electrons. The van der Waals surface area contributed by atoms with Crippen LogP contribution in [0.4, 0.5) is 0 Å². The SMILES string of the molecule is O=C(c1ccc(Br)cc1)C(Cl)Br.